The summed E-state index contributed by atoms with van der Waals surface area (Å²) in [5.74, 6) is -1.77. The zero-order valence-electron chi connectivity index (χ0n) is 17.3. The first-order chi connectivity index (χ1) is 16.3. The fourth-order valence-electron chi connectivity index (χ4n) is 3.18. The van der Waals surface area contributed by atoms with Crippen molar-refractivity contribution in [1.82, 2.24) is 5.32 Å². The van der Waals surface area contributed by atoms with Crippen LogP contribution in [-0.2, 0) is 9.59 Å². The minimum Gasteiger partial charge on any atom is -0.423 e. The first-order valence-corrected chi connectivity index (χ1v) is 10.3. The van der Waals surface area contributed by atoms with Crippen LogP contribution in [0, 0.1) is 10.1 Å². The number of rotatable bonds is 5. The van der Waals surface area contributed by atoms with E-state index >= 15 is 0 Å². The van der Waals surface area contributed by atoms with Gasteiger partial charge in [-0.05, 0) is 54.2 Å². The molecule has 3 aromatic rings. The Bertz CT molecular complexity index is 1350. The highest BCUT2D eigenvalue weighted by molar-refractivity contribution is 7.80. The van der Waals surface area contributed by atoms with Crippen LogP contribution in [0.3, 0.4) is 0 Å². The molecule has 1 saturated heterocycles. The Hall–Kier alpha value is -4.70. The van der Waals surface area contributed by atoms with Gasteiger partial charge in [0.1, 0.15) is 11.3 Å². The lowest BCUT2D eigenvalue weighted by Crippen LogP contribution is -2.54. The number of nitro benzene ring substituents is 1. The van der Waals surface area contributed by atoms with Gasteiger partial charge in [0, 0.05) is 12.1 Å². The van der Waals surface area contributed by atoms with Crippen LogP contribution in [0.25, 0.3) is 6.08 Å². The zero-order chi connectivity index (χ0) is 24.2. The van der Waals surface area contributed by atoms with E-state index in [0.29, 0.717) is 11.3 Å². The summed E-state index contributed by atoms with van der Waals surface area (Å²) in [5.41, 5.74) is 0.720. The summed E-state index contributed by atoms with van der Waals surface area (Å²) in [6.07, 6.45) is 1.40. The fraction of sp³-hybridized carbons (Fsp3) is 0. The van der Waals surface area contributed by atoms with Gasteiger partial charge < -0.3 is 4.74 Å². The highest BCUT2D eigenvalue weighted by atomic mass is 32.1. The molecule has 3 aromatic carbocycles. The molecule has 1 N–H and O–H groups in total. The summed E-state index contributed by atoms with van der Waals surface area (Å²) in [6, 6.07) is 20.0. The van der Waals surface area contributed by atoms with E-state index in [1.54, 1.807) is 42.5 Å². The molecule has 0 atom stereocenters. The second kappa shape index (κ2) is 9.43. The summed E-state index contributed by atoms with van der Waals surface area (Å²) in [4.78, 5) is 49.2. The van der Waals surface area contributed by atoms with E-state index in [9.17, 15) is 24.5 Å². The van der Waals surface area contributed by atoms with Crippen LogP contribution in [-0.4, -0.2) is 27.8 Å². The molecule has 0 unspecified atom stereocenters. The number of non-ortho nitro benzene ring substituents is 1. The number of hydrogen-bond donors (Lipinski definition) is 1. The van der Waals surface area contributed by atoms with Crippen molar-refractivity contribution in [3.63, 3.8) is 0 Å². The molecule has 168 valence electrons. The topological polar surface area (TPSA) is 119 Å². The van der Waals surface area contributed by atoms with Crippen molar-refractivity contribution in [2.75, 3.05) is 4.90 Å². The van der Waals surface area contributed by atoms with Gasteiger partial charge >= 0.3 is 5.97 Å². The summed E-state index contributed by atoms with van der Waals surface area (Å²) < 4.78 is 5.26. The van der Waals surface area contributed by atoms with Gasteiger partial charge in [-0.3, -0.25) is 29.9 Å². The summed E-state index contributed by atoms with van der Waals surface area (Å²) in [7, 11) is 0. The Labute approximate surface area is 198 Å². The van der Waals surface area contributed by atoms with Crippen LogP contribution in [0.4, 0.5) is 11.4 Å². The molecule has 1 aliphatic rings. The molecule has 0 bridgehead atoms. The second-order valence-electron chi connectivity index (χ2n) is 7.06. The summed E-state index contributed by atoms with van der Waals surface area (Å²) in [5, 5.41) is 13.4. The second-order valence-corrected chi connectivity index (χ2v) is 7.45. The number of nitro groups is 1. The van der Waals surface area contributed by atoms with Gasteiger partial charge in [0.25, 0.3) is 17.5 Å². The van der Waals surface area contributed by atoms with E-state index in [-0.39, 0.29) is 27.7 Å². The number of para-hydroxylation sites is 1. The normalized spacial score (nSPS) is 14.6. The van der Waals surface area contributed by atoms with Gasteiger partial charge in [0.15, 0.2) is 5.11 Å². The van der Waals surface area contributed by atoms with Crippen molar-refractivity contribution < 1.29 is 24.0 Å². The third kappa shape index (κ3) is 4.71. The third-order valence-corrected chi connectivity index (χ3v) is 5.10. The van der Waals surface area contributed by atoms with Gasteiger partial charge in [-0.1, -0.05) is 36.4 Å². The van der Waals surface area contributed by atoms with Crippen LogP contribution in [0.2, 0.25) is 0 Å². The highest BCUT2D eigenvalue weighted by Gasteiger charge is 2.34. The summed E-state index contributed by atoms with van der Waals surface area (Å²) >= 11 is 5.16. The Morgan fingerprint density at radius 1 is 1.00 bits per heavy atom. The quantitative estimate of drug-likeness (QED) is 0.114. The number of hydrogen-bond acceptors (Lipinski definition) is 7. The van der Waals surface area contributed by atoms with Crippen LogP contribution in [0.1, 0.15) is 15.9 Å². The van der Waals surface area contributed by atoms with Crippen LogP contribution in [0.5, 0.6) is 5.75 Å². The van der Waals surface area contributed by atoms with Crippen LogP contribution >= 0.6 is 12.2 Å². The average molecular weight is 473 g/mol. The average Bonchev–Trinajstić information content (AvgIpc) is 2.83. The van der Waals surface area contributed by atoms with Crippen molar-refractivity contribution in [2.24, 2.45) is 0 Å². The predicted octanol–water partition coefficient (Wildman–Crippen LogP) is 3.65. The maximum absolute atomic E-state index is 13.0. The Kier molecular flexibility index (Phi) is 6.24. The monoisotopic (exact) mass is 473 g/mol. The number of nitrogens with one attached hydrogen (secondary N) is 1. The highest BCUT2D eigenvalue weighted by Crippen LogP contribution is 2.23. The van der Waals surface area contributed by atoms with E-state index in [2.05, 4.69) is 5.32 Å². The molecule has 0 radical (unpaired) electrons. The van der Waals surface area contributed by atoms with Crippen molar-refractivity contribution in [2.45, 2.75) is 0 Å². The molecule has 0 spiro atoms. The van der Waals surface area contributed by atoms with Crippen molar-refractivity contribution in [3.8, 4) is 5.75 Å². The Morgan fingerprint density at radius 2 is 1.71 bits per heavy atom. The number of thiocarbonyl (C=S) groups is 1. The van der Waals surface area contributed by atoms with E-state index in [1.165, 1.54) is 41.3 Å². The molecular weight excluding hydrogens is 458 g/mol. The largest absolute Gasteiger partial charge is 0.423 e. The molecule has 4 rings (SSSR count). The molecular formula is C24H15N3O6S. The number of nitrogens with zero attached hydrogens (tertiary/aromatic N) is 2. The number of carbonyl (C=O) groups excluding carboxylic acids is 3. The van der Waals surface area contributed by atoms with Crippen molar-refractivity contribution in [3.05, 3.63) is 106 Å². The SMILES string of the molecule is O=C1NC(=S)N(c2ccccc2)C(=O)/C1=C\c1ccc(OC(=O)c2cccc([N+](=O)[O-])c2)cc1. The number of ether oxygens (including phenoxy) is 1. The number of carbonyl (C=O) groups is 3. The molecule has 9 nitrogen and oxygen atoms in total. The first-order valence-electron chi connectivity index (χ1n) is 9.87. The molecule has 34 heavy (non-hydrogen) atoms. The van der Waals surface area contributed by atoms with Crippen molar-refractivity contribution >= 4 is 52.6 Å². The van der Waals surface area contributed by atoms with Gasteiger partial charge in [-0.25, -0.2) is 4.79 Å². The van der Waals surface area contributed by atoms with Gasteiger partial charge in [-0.15, -0.1) is 0 Å². The van der Waals surface area contributed by atoms with Crippen LogP contribution in [0.15, 0.2) is 84.4 Å². The molecule has 1 fully saturated rings. The zero-order valence-corrected chi connectivity index (χ0v) is 18.2. The van der Waals surface area contributed by atoms with E-state index in [1.807, 2.05) is 0 Å². The first kappa shape index (κ1) is 22.5. The van der Waals surface area contributed by atoms with Gasteiger partial charge in [0.05, 0.1) is 16.2 Å². The molecule has 1 heterocycles. The standard InChI is InChI=1S/C24H15N3O6S/c28-21-20(22(29)26(24(34)25-21)17-6-2-1-3-7-17)13-15-9-11-19(12-10-15)33-23(30)16-5-4-8-18(14-16)27(31)32/h1-14H,(H,25,28,34)/b20-13-. The molecule has 0 saturated carbocycles. The predicted molar refractivity (Wildman–Crippen MR) is 127 cm³/mol. The molecule has 2 amide bonds. The molecule has 1 aliphatic heterocycles. The number of esters is 1. The molecule has 0 aliphatic carbocycles. The summed E-state index contributed by atoms with van der Waals surface area (Å²) in [6.45, 7) is 0. The van der Waals surface area contributed by atoms with E-state index < -0.39 is 22.7 Å². The maximum Gasteiger partial charge on any atom is 0.343 e. The minimum absolute atomic E-state index is 0.0123. The van der Waals surface area contributed by atoms with E-state index in [0.717, 1.165) is 6.07 Å². The van der Waals surface area contributed by atoms with Gasteiger partial charge in [0.2, 0.25) is 0 Å². The number of anilines is 1. The lowest BCUT2D eigenvalue weighted by Gasteiger charge is -2.28. The fourth-order valence-corrected chi connectivity index (χ4v) is 3.46. The smallest absolute Gasteiger partial charge is 0.343 e. The lowest BCUT2D eigenvalue weighted by molar-refractivity contribution is -0.384. The third-order valence-electron chi connectivity index (χ3n) is 4.81. The number of amides is 2. The van der Waals surface area contributed by atoms with Crippen LogP contribution < -0.4 is 15.0 Å². The van der Waals surface area contributed by atoms with Crippen molar-refractivity contribution in [1.29, 1.82) is 0 Å². The van der Waals surface area contributed by atoms with E-state index in [4.69, 9.17) is 17.0 Å². The molecule has 0 aromatic heterocycles. The Morgan fingerprint density at radius 3 is 2.38 bits per heavy atom. The van der Waals surface area contributed by atoms with Gasteiger partial charge in [-0.2, -0.15) is 0 Å². The molecule has 10 heteroatoms. The number of benzene rings is 3. The lowest BCUT2D eigenvalue weighted by atomic mass is 10.1. The minimum atomic E-state index is -0.761. The maximum atomic E-state index is 13.0. The Balaban J connectivity index is 1.52.